The van der Waals surface area contributed by atoms with Crippen LogP contribution in [0.15, 0.2) is 16.5 Å². The van der Waals surface area contributed by atoms with Crippen molar-refractivity contribution in [2.45, 2.75) is 26.7 Å². The largest absolute Gasteiger partial charge is 0.458 e. The van der Waals surface area contributed by atoms with Crippen LogP contribution in [0.4, 0.5) is 0 Å². The number of rotatable bonds is 2. The molecule has 2 aromatic heterocycles. The minimum Gasteiger partial charge on any atom is -0.458 e. The van der Waals surface area contributed by atoms with E-state index in [4.69, 9.17) is 27.6 Å². The van der Waals surface area contributed by atoms with E-state index in [2.05, 4.69) is 9.97 Å². The summed E-state index contributed by atoms with van der Waals surface area (Å²) in [5.41, 5.74) is 0.764. The van der Waals surface area contributed by atoms with E-state index in [0.717, 1.165) is 11.3 Å². The van der Waals surface area contributed by atoms with Crippen molar-refractivity contribution in [2.75, 3.05) is 0 Å². The lowest BCUT2D eigenvalue weighted by atomic mass is 10.1. The van der Waals surface area contributed by atoms with E-state index in [-0.39, 0.29) is 5.92 Å². The van der Waals surface area contributed by atoms with Crippen molar-refractivity contribution in [3.8, 4) is 11.6 Å². The summed E-state index contributed by atoms with van der Waals surface area (Å²) in [5.74, 6) is 1.96. The number of furan rings is 1. The summed E-state index contributed by atoms with van der Waals surface area (Å²) in [6, 6.07) is 3.64. The van der Waals surface area contributed by atoms with Gasteiger partial charge in [0.2, 0.25) is 0 Å². The van der Waals surface area contributed by atoms with E-state index in [0.29, 0.717) is 21.9 Å². The minimum atomic E-state index is 0.183. The van der Waals surface area contributed by atoms with Gasteiger partial charge in [-0.15, -0.1) is 0 Å². The maximum absolute atomic E-state index is 6.11. The van der Waals surface area contributed by atoms with Crippen LogP contribution in [0.2, 0.25) is 10.3 Å². The Labute approximate surface area is 110 Å². The maximum Gasteiger partial charge on any atom is 0.198 e. The van der Waals surface area contributed by atoms with Crippen LogP contribution >= 0.6 is 23.2 Å². The fraction of sp³-hybridized carbons (Fsp3) is 0.333. The summed E-state index contributed by atoms with van der Waals surface area (Å²) in [6.07, 6.45) is 0. The third-order valence-corrected chi connectivity index (χ3v) is 2.97. The van der Waals surface area contributed by atoms with Gasteiger partial charge in [0, 0.05) is 5.56 Å². The van der Waals surface area contributed by atoms with E-state index in [1.807, 2.05) is 26.8 Å². The van der Waals surface area contributed by atoms with Crippen LogP contribution in [-0.2, 0) is 0 Å². The van der Waals surface area contributed by atoms with Crippen molar-refractivity contribution in [1.82, 2.24) is 9.97 Å². The number of nitrogens with zero attached hydrogens (tertiary/aromatic N) is 2. The van der Waals surface area contributed by atoms with Crippen LogP contribution in [0, 0.1) is 6.92 Å². The maximum atomic E-state index is 6.11. The predicted molar refractivity (Wildman–Crippen MR) is 68.6 cm³/mol. The highest BCUT2D eigenvalue weighted by molar-refractivity contribution is 6.34. The molecule has 0 saturated carbocycles. The Morgan fingerprint density at radius 1 is 1.12 bits per heavy atom. The molecule has 2 heterocycles. The van der Waals surface area contributed by atoms with Gasteiger partial charge in [-0.25, -0.2) is 9.97 Å². The Hall–Kier alpha value is -1.06. The molecule has 0 N–H and O–H groups in total. The summed E-state index contributed by atoms with van der Waals surface area (Å²) >= 11 is 12.2. The molecular formula is C12H12Cl2N2O. The van der Waals surface area contributed by atoms with Crippen molar-refractivity contribution in [3.63, 3.8) is 0 Å². The summed E-state index contributed by atoms with van der Waals surface area (Å²) < 4.78 is 5.44. The number of aryl methyl sites for hydroxylation is 1. The van der Waals surface area contributed by atoms with Crippen molar-refractivity contribution < 1.29 is 4.42 Å². The molecule has 0 saturated heterocycles. The summed E-state index contributed by atoms with van der Waals surface area (Å²) in [6.45, 7) is 5.84. The molecule has 0 bridgehead atoms. The first kappa shape index (κ1) is 12.4. The first-order valence-corrected chi connectivity index (χ1v) is 6.04. The Bertz CT molecular complexity index is 526. The van der Waals surface area contributed by atoms with Crippen molar-refractivity contribution in [3.05, 3.63) is 33.8 Å². The SMILES string of the molecule is Cc1ccc(-c2nc(Cl)c(C(C)C)c(Cl)n2)o1. The zero-order valence-corrected chi connectivity index (χ0v) is 11.3. The lowest BCUT2D eigenvalue weighted by molar-refractivity contribution is 0.544. The van der Waals surface area contributed by atoms with Gasteiger partial charge in [-0.2, -0.15) is 0 Å². The molecule has 0 spiro atoms. The standard InChI is InChI=1S/C12H12Cl2N2O/c1-6(2)9-10(13)15-12(16-11(9)14)8-5-4-7(3)17-8/h4-6H,1-3H3. The topological polar surface area (TPSA) is 38.9 Å². The third kappa shape index (κ3) is 2.45. The van der Waals surface area contributed by atoms with E-state index < -0.39 is 0 Å². The second-order valence-corrected chi connectivity index (χ2v) is 4.82. The molecule has 3 nitrogen and oxygen atoms in total. The molecule has 90 valence electrons. The molecule has 2 rings (SSSR count). The molecule has 0 radical (unpaired) electrons. The number of hydrogen-bond donors (Lipinski definition) is 0. The first-order valence-electron chi connectivity index (χ1n) is 5.28. The van der Waals surface area contributed by atoms with Gasteiger partial charge in [-0.05, 0) is 25.0 Å². The van der Waals surface area contributed by atoms with Crippen molar-refractivity contribution >= 4 is 23.2 Å². The van der Waals surface area contributed by atoms with Crippen LogP contribution in [0.3, 0.4) is 0 Å². The molecule has 0 amide bonds. The van der Waals surface area contributed by atoms with E-state index in [1.54, 1.807) is 6.07 Å². The predicted octanol–water partition coefficient (Wildman–Crippen LogP) is 4.48. The zero-order valence-electron chi connectivity index (χ0n) is 9.79. The molecule has 0 aromatic carbocycles. The van der Waals surface area contributed by atoms with Crippen LogP contribution in [-0.4, -0.2) is 9.97 Å². The zero-order chi connectivity index (χ0) is 12.6. The summed E-state index contributed by atoms with van der Waals surface area (Å²) in [4.78, 5) is 8.43. The summed E-state index contributed by atoms with van der Waals surface area (Å²) in [7, 11) is 0. The van der Waals surface area contributed by atoms with Crippen LogP contribution < -0.4 is 0 Å². The smallest absolute Gasteiger partial charge is 0.198 e. The fourth-order valence-corrected chi connectivity index (χ4v) is 2.38. The lowest BCUT2D eigenvalue weighted by Gasteiger charge is -2.09. The molecule has 0 atom stereocenters. The van der Waals surface area contributed by atoms with Gasteiger partial charge in [0.05, 0.1) is 0 Å². The second-order valence-electron chi connectivity index (χ2n) is 4.11. The highest BCUT2D eigenvalue weighted by Gasteiger charge is 2.16. The summed E-state index contributed by atoms with van der Waals surface area (Å²) in [5, 5.41) is 0.758. The molecular weight excluding hydrogens is 259 g/mol. The molecule has 5 heteroatoms. The van der Waals surface area contributed by atoms with Gasteiger partial charge >= 0.3 is 0 Å². The molecule has 0 aliphatic rings. The lowest BCUT2D eigenvalue weighted by Crippen LogP contribution is -1.98. The monoisotopic (exact) mass is 270 g/mol. The molecule has 0 aliphatic heterocycles. The van der Waals surface area contributed by atoms with Gasteiger partial charge in [0.25, 0.3) is 0 Å². The van der Waals surface area contributed by atoms with Crippen LogP contribution in [0.1, 0.15) is 31.1 Å². The van der Waals surface area contributed by atoms with E-state index in [9.17, 15) is 0 Å². The molecule has 0 unspecified atom stereocenters. The molecule has 2 aromatic rings. The Kier molecular flexibility index (Phi) is 3.40. The first-order chi connectivity index (χ1) is 7.99. The number of halogens is 2. The Balaban J connectivity index is 2.52. The molecule has 0 fully saturated rings. The van der Waals surface area contributed by atoms with Gasteiger partial charge in [-0.3, -0.25) is 0 Å². The van der Waals surface area contributed by atoms with Crippen molar-refractivity contribution in [2.24, 2.45) is 0 Å². The number of aromatic nitrogens is 2. The van der Waals surface area contributed by atoms with Gasteiger partial charge in [-0.1, -0.05) is 37.0 Å². The normalized spacial score (nSPS) is 11.2. The average molecular weight is 271 g/mol. The highest BCUT2D eigenvalue weighted by Crippen LogP contribution is 2.31. The number of hydrogen-bond acceptors (Lipinski definition) is 3. The minimum absolute atomic E-state index is 0.183. The molecule has 17 heavy (non-hydrogen) atoms. The highest BCUT2D eigenvalue weighted by atomic mass is 35.5. The van der Waals surface area contributed by atoms with Gasteiger partial charge < -0.3 is 4.42 Å². The van der Waals surface area contributed by atoms with E-state index in [1.165, 1.54) is 0 Å². The second kappa shape index (κ2) is 4.67. The van der Waals surface area contributed by atoms with E-state index >= 15 is 0 Å². The fourth-order valence-electron chi connectivity index (χ4n) is 1.56. The third-order valence-electron chi connectivity index (χ3n) is 2.39. The van der Waals surface area contributed by atoms with Gasteiger partial charge in [0.15, 0.2) is 11.6 Å². The van der Waals surface area contributed by atoms with Gasteiger partial charge in [0.1, 0.15) is 16.1 Å². The average Bonchev–Trinajstić information content (AvgIpc) is 2.63. The Morgan fingerprint density at radius 3 is 2.12 bits per heavy atom. The molecule has 0 aliphatic carbocycles. The van der Waals surface area contributed by atoms with Crippen LogP contribution in [0.25, 0.3) is 11.6 Å². The van der Waals surface area contributed by atoms with Crippen molar-refractivity contribution in [1.29, 1.82) is 0 Å². The quantitative estimate of drug-likeness (QED) is 0.756. The van der Waals surface area contributed by atoms with Crippen LogP contribution in [0.5, 0.6) is 0 Å². The Morgan fingerprint density at radius 2 is 1.71 bits per heavy atom.